The third kappa shape index (κ3) is 4.45. The van der Waals surface area contributed by atoms with Crippen molar-refractivity contribution in [3.05, 3.63) is 23.3 Å². The van der Waals surface area contributed by atoms with Crippen molar-refractivity contribution in [1.29, 1.82) is 0 Å². The highest BCUT2D eigenvalue weighted by atomic mass is 16.5. The van der Waals surface area contributed by atoms with Crippen molar-refractivity contribution in [2.45, 2.75) is 110 Å². The summed E-state index contributed by atoms with van der Waals surface area (Å²) in [5.41, 5.74) is 1.91. The molecule has 0 amide bonds. The molecule has 0 aromatic carbocycles. The third-order valence-electron chi connectivity index (χ3n) is 10.3. The van der Waals surface area contributed by atoms with Crippen LogP contribution in [0.2, 0.25) is 0 Å². The van der Waals surface area contributed by atoms with E-state index in [1.165, 1.54) is 31.3 Å². The van der Waals surface area contributed by atoms with E-state index in [4.69, 9.17) is 4.74 Å². The van der Waals surface area contributed by atoms with Crippen LogP contribution in [0, 0.1) is 34.5 Å². The highest BCUT2D eigenvalue weighted by molar-refractivity contribution is 5.40. The fraction of sp³-hybridized carbons (Fsp3) is 0.862. The molecule has 4 rings (SSSR count). The number of rotatable bonds is 8. The van der Waals surface area contributed by atoms with Crippen molar-refractivity contribution in [3.63, 3.8) is 0 Å². The second-order valence-corrected chi connectivity index (χ2v) is 12.9. The van der Waals surface area contributed by atoms with Crippen LogP contribution < -0.4 is 0 Å². The van der Waals surface area contributed by atoms with Crippen LogP contribution >= 0.6 is 0 Å². The maximum Gasteiger partial charge on any atom is 0.110 e. The zero-order valence-corrected chi connectivity index (χ0v) is 22.0. The molecule has 0 aliphatic heterocycles. The number of hydrogen-bond donors (Lipinski definition) is 4. The molecule has 4 aliphatic rings. The number of hydrogen-bond acceptors (Lipinski definition) is 5. The van der Waals surface area contributed by atoms with Gasteiger partial charge in [-0.1, -0.05) is 56.9 Å². The Kier molecular flexibility index (Phi) is 7.46. The molecule has 0 bridgehead atoms. The Bertz CT molecular complexity index is 797. The maximum atomic E-state index is 11.5. The van der Waals surface area contributed by atoms with Crippen LogP contribution in [0.25, 0.3) is 0 Å². The van der Waals surface area contributed by atoms with Crippen molar-refractivity contribution in [2.75, 3.05) is 13.2 Å². The van der Waals surface area contributed by atoms with Gasteiger partial charge < -0.3 is 25.2 Å². The van der Waals surface area contributed by atoms with Crippen molar-refractivity contribution in [1.82, 2.24) is 0 Å². The summed E-state index contributed by atoms with van der Waals surface area (Å²) in [7, 11) is 0. The van der Waals surface area contributed by atoms with Gasteiger partial charge in [0, 0.05) is 5.41 Å². The molecule has 0 aromatic rings. The number of fused-ring (bicyclic) bond motifs is 5. The predicted octanol–water partition coefficient (Wildman–Crippen LogP) is 4.38. The summed E-state index contributed by atoms with van der Waals surface area (Å²) >= 11 is 0. The number of ether oxygens (including phenoxy) is 1. The first-order chi connectivity index (χ1) is 15.9. The lowest BCUT2D eigenvalue weighted by Gasteiger charge is -2.57. The highest BCUT2D eigenvalue weighted by Gasteiger charge is 2.60. The lowest BCUT2D eigenvalue weighted by atomic mass is 9.49. The van der Waals surface area contributed by atoms with Crippen molar-refractivity contribution in [3.8, 4) is 0 Å². The van der Waals surface area contributed by atoms with Gasteiger partial charge in [0.25, 0.3) is 0 Å². The summed E-state index contributed by atoms with van der Waals surface area (Å²) in [5.74, 6) is 2.15. The average molecular weight is 477 g/mol. The summed E-state index contributed by atoms with van der Waals surface area (Å²) in [6.07, 6.45) is 10.6. The quantitative estimate of drug-likeness (QED) is 0.417. The molecular weight excluding hydrogens is 428 g/mol. The first-order valence-corrected chi connectivity index (χ1v) is 13.7. The van der Waals surface area contributed by atoms with Crippen LogP contribution in [-0.4, -0.2) is 57.6 Å². The summed E-state index contributed by atoms with van der Waals surface area (Å²) in [4.78, 5) is 0. The molecular formula is C29H48O5. The molecule has 3 fully saturated rings. The minimum Gasteiger partial charge on any atom is -0.394 e. The monoisotopic (exact) mass is 476 g/mol. The molecule has 3 saturated carbocycles. The van der Waals surface area contributed by atoms with Gasteiger partial charge in [0.1, 0.15) is 6.10 Å². The molecule has 0 aromatic heterocycles. The van der Waals surface area contributed by atoms with Gasteiger partial charge in [-0.3, -0.25) is 0 Å². The van der Waals surface area contributed by atoms with Gasteiger partial charge in [0.2, 0.25) is 0 Å². The van der Waals surface area contributed by atoms with E-state index in [1.54, 1.807) is 0 Å². The summed E-state index contributed by atoms with van der Waals surface area (Å²) in [6.45, 7) is 10.9. The second-order valence-electron chi connectivity index (χ2n) is 12.9. The molecule has 5 heteroatoms. The normalized spacial score (nSPS) is 42.9. The fourth-order valence-electron chi connectivity index (χ4n) is 8.48. The van der Waals surface area contributed by atoms with Crippen LogP contribution in [-0.2, 0) is 4.74 Å². The van der Waals surface area contributed by atoms with Gasteiger partial charge in [0.05, 0.1) is 31.0 Å². The minimum absolute atomic E-state index is 0.111. The Labute approximate surface area is 206 Å². The Morgan fingerprint density at radius 3 is 2.53 bits per heavy atom. The highest BCUT2D eigenvalue weighted by Crippen LogP contribution is 2.66. The molecule has 5 unspecified atom stereocenters. The summed E-state index contributed by atoms with van der Waals surface area (Å²) < 4.78 is 5.75. The van der Waals surface area contributed by atoms with Crippen LogP contribution in [0.15, 0.2) is 23.3 Å². The van der Waals surface area contributed by atoms with E-state index in [0.717, 1.165) is 24.8 Å². The SMILES string of the molecule is C[C@H](CCCC(C)(C)O)[C@H]1CCC2C3=CC=C4CC(O)C(OCCO)C(O)[C@]4(C)C3CC[C@@]21C. The fourth-order valence-corrected chi connectivity index (χ4v) is 8.48. The molecule has 4 N–H and O–H groups in total. The first-order valence-electron chi connectivity index (χ1n) is 13.7. The summed E-state index contributed by atoms with van der Waals surface area (Å²) in [6, 6.07) is 0. The third-order valence-corrected chi connectivity index (χ3v) is 10.3. The molecule has 9 atom stereocenters. The minimum atomic E-state index is -0.787. The second kappa shape index (κ2) is 9.63. The number of aliphatic hydroxyl groups is 4. The van der Waals surface area contributed by atoms with E-state index < -0.39 is 29.3 Å². The molecule has 0 saturated heterocycles. The largest absolute Gasteiger partial charge is 0.394 e. The van der Waals surface area contributed by atoms with Crippen molar-refractivity contribution >= 4 is 0 Å². The van der Waals surface area contributed by atoms with E-state index in [9.17, 15) is 20.4 Å². The number of allylic oxidation sites excluding steroid dienone is 3. The van der Waals surface area contributed by atoms with Gasteiger partial charge in [0.15, 0.2) is 0 Å². The predicted molar refractivity (Wildman–Crippen MR) is 134 cm³/mol. The van der Waals surface area contributed by atoms with E-state index >= 15 is 0 Å². The van der Waals surface area contributed by atoms with Gasteiger partial charge >= 0.3 is 0 Å². The van der Waals surface area contributed by atoms with Gasteiger partial charge in [-0.05, 0) is 81.5 Å². The zero-order valence-electron chi connectivity index (χ0n) is 22.0. The van der Waals surface area contributed by atoms with Crippen LogP contribution in [0.4, 0.5) is 0 Å². The smallest absolute Gasteiger partial charge is 0.110 e. The summed E-state index contributed by atoms with van der Waals surface area (Å²) in [5, 5.41) is 41.5. The Hall–Kier alpha value is -0.720. The van der Waals surface area contributed by atoms with E-state index in [1.807, 2.05) is 13.8 Å². The maximum absolute atomic E-state index is 11.5. The Morgan fingerprint density at radius 1 is 1.12 bits per heavy atom. The molecule has 0 spiro atoms. The van der Waals surface area contributed by atoms with E-state index in [2.05, 4.69) is 32.9 Å². The molecule has 194 valence electrons. The van der Waals surface area contributed by atoms with Crippen LogP contribution in [0.5, 0.6) is 0 Å². The topological polar surface area (TPSA) is 90.2 Å². The Balaban J connectivity index is 1.54. The van der Waals surface area contributed by atoms with Gasteiger partial charge in [-0.25, -0.2) is 0 Å². The molecule has 0 radical (unpaired) electrons. The molecule has 5 nitrogen and oxygen atoms in total. The van der Waals surface area contributed by atoms with Gasteiger partial charge in [-0.2, -0.15) is 0 Å². The molecule has 34 heavy (non-hydrogen) atoms. The van der Waals surface area contributed by atoms with Crippen LogP contribution in [0.3, 0.4) is 0 Å². The van der Waals surface area contributed by atoms with Crippen molar-refractivity contribution < 1.29 is 25.2 Å². The first kappa shape index (κ1) is 26.3. The standard InChI is InChI=1S/C29H48O5/c1-18(7-6-13-27(2,3)33)21-10-11-22-20-9-8-19-17-24(31)25(34-16-15-30)26(32)29(19,5)23(20)12-14-28(21,22)4/h8-9,18,21-26,30-33H,6-7,10-17H2,1-5H3/t18-,21-,22?,23?,24?,25?,26?,28-,29+/m1/s1. The zero-order chi connectivity index (χ0) is 24.9. The van der Waals surface area contributed by atoms with E-state index in [0.29, 0.717) is 24.2 Å². The number of aliphatic hydroxyl groups excluding tert-OH is 3. The molecule has 4 aliphatic carbocycles. The Morgan fingerprint density at radius 2 is 1.85 bits per heavy atom. The lowest BCUT2D eigenvalue weighted by molar-refractivity contribution is -0.164. The average Bonchev–Trinajstić information content (AvgIpc) is 3.11. The molecule has 0 heterocycles. The van der Waals surface area contributed by atoms with Crippen molar-refractivity contribution in [2.24, 2.45) is 34.5 Å². The van der Waals surface area contributed by atoms with E-state index in [-0.39, 0.29) is 24.5 Å². The lowest BCUT2D eigenvalue weighted by Crippen LogP contribution is -2.59. The van der Waals surface area contributed by atoms with Gasteiger partial charge in [-0.15, -0.1) is 0 Å². The van der Waals surface area contributed by atoms with Crippen LogP contribution in [0.1, 0.15) is 86.0 Å².